The lowest BCUT2D eigenvalue weighted by Crippen LogP contribution is -2.41. The summed E-state index contributed by atoms with van der Waals surface area (Å²) >= 11 is 0. The van der Waals surface area contributed by atoms with Crippen molar-refractivity contribution in [1.29, 1.82) is 0 Å². The summed E-state index contributed by atoms with van der Waals surface area (Å²) in [6, 6.07) is 18.9. The molecule has 0 bridgehead atoms. The number of nitrogens with zero attached hydrogens (tertiary/aromatic N) is 4. The number of ether oxygens (including phenoxy) is 3. The fourth-order valence-corrected chi connectivity index (χ4v) is 4.06. The maximum atomic E-state index is 12.6. The molecule has 36 heavy (non-hydrogen) atoms. The first-order chi connectivity index (χ1) is 17.8. The Kier molecular flexibility index (Phi) is 7.70. The number of morpholine rings is 1. The highest BCUT2D eigenvalue weighted by Crippen LogP contribution is 2.22. The number of carbonyl (C=O) groups is 1. The number of rotatable bonds is 10. The molecule has 3 heterocycles. The van der Waals surface area contributed by atoms with Crippen LogP contribution in [0, 0.1) is 0 Å². The fraction of sp³-hybridized carbons (Fsp3) is 0.296. The van der Waals surface area contributed by atoms with Crippen molar-refractivity contribution in [2.75, 3.05) is 52.6 Å². The molecule has 5 rings (SSSR count). The van der Waals surface area contributed by atoms with Gasteiger partial charge in [-0.3, -0.25) is 14.3 Å². The van der Waals surface area contributed by atoms with E-state index < -0.39 is 0 Å². The highest BCUT2D eigenvalue weighted by Gasteiger charge is 2.13. The summed E-state index contributed by atoms with van der Waals surface area (Å²) in [5.74, 6) is 1.24. The number of imidazole rings is 1. The summed E-state index contributed by atoms with van der Waals surface area (Å²) in [4.78, 5) is 23.5. The van der Waals surface area contributed by atoms with Crippen LogP contribution in [-0.2, 0) is 4.74 Å². The molecule has 1 aliphatic heterocycles. The number of fused-ring (bicyclic) bond motifs is 1. The summed E-state index contributed by atoms with van der Waals surface area (Å²) in [6.45, 7) is 5.59. The quantitative estimate of drug-likeness (QED) is 0.344. The molecule has 9 nitrogen and oxygen atoms in total. The fourth-order valence-electron chi connectivity index (χ4n) is 4.06. The van der Waals surface area contributed by atoms with Crippen molar-refractivity contribution in [3.05, 3.63) is 78.8 Å². The van der Waals surface area contributed by atoms with Gasteiger partial charge in [-0.2, -0.15) is 0 Å². The summed E-state index contributed by atoms with van der Waals surface area (Å²) in [6.07, 6.45) is 3.46. The van der Waals surface area contributed by atoms with Gasteiger partial charge in [-0.1, -0.05) is 6.07 Å². The zero-order valence-corrected chi connectivity index (χ0v) is 20.0. The summed E-state index contributed by atoms with van der Waals surface area (Å²) < 4.78 is 18.7. The summed E-state index contributed by atoms with van der Waals surface area (Å²) in [7, 11) is 0. The van der Waals surface area contributed by atoms with Crippen LogP contribution < -0.4 is 14.8 Å². The second-order valence-corrected chi connectivity index (χ2v) is 8.39. The topological polar surface area (TPSA) is 90.7 Å². The van der Waals surface area contributed by atoms with Gasteiger partial charge in [0.2, 0.25) is 5.88 Å². The molecular formula is C27H29N5O4. The second-order valence-electron chi connectivity index (χ2n) is 8.39. The second kappa shape index (κ2) is 11.7. The summed E-state index contributed by atoms with van der Waals surface area (Å²) in [5, 5.41) is 3.00. The molecule has 1 fully saturated rings. The van der Waals surface area contributed by atoms with E-state index in [2.05, 4.69) is 20.2 Å². The SMILES string of the molecule is O=C(NCCN1CCOCC1)c1ccc2c(c1)ncn2-c1ccc(OCCOc2ccccn2)cc1. The zero-order chi connectivity index (χ0) is 24.6. The van der Waals surface area contributed by atoms with Crippen molar-refractivity contribution in [2.24, 2.45) is 0 Å². The minimum absolute atomic E-state index is 0.0896. The zero-order valence-electron chi connectivity index (χ0n) is 20.0. The molecule has 0 spiro atoms. The van der Waals surface area contributed by atoms with E-state index in [-0.39, 0.29) is 5.91 Å². The van der Waals surface area contributed by atoms with Crippen molar-refractivity contribution < 1.29 is 19.0 Å². The van der Waals surface area contributed by atoms with Crippen LogP contribution in [0.25, 0.3) is 16.7 Å². The van der Waals surface area contributed by atoms with E-state index in [0.717, 1.165) is 55.3 Å². The molecule has 2 aromatic carbocycles. The molecule has 4 aromatic rings. The van der Waals surface area contributed by atoms with Crippen LogP contribution in [0.5, 0.6) is 11.6 Å². The van der Waals surface area contributed by atoms with E-state index in [1.54, 1.807) is 12.5 Å². The Morgan fingerprint density at radius 2 is 1.81 bits per heavy atom. The van der Waals surface area contributed by atoms with Gasteiger partial charge < -0.3 is 19.5 Å². The third-order valence-corrected chi connectivity index (χ3v) is 5.98. The molecular weight excluding hydrogens is 458 g/mol. The average molecular weight is 488 g/mol. The average Bonchev–Trinajstić information content (AvgIpc) is 3.36. The maximum Gasteiger partial charge on any atom is 0.251 e. The molecule has 186 valence electrons. The van der Waals surface area contributed by atoms with Gasteiger partial charge in [0, 0.05) is 49.7 Å². The molecule has 0 aliphatic carbocycles. The van der Waals surface area contributed by atoms with Crippen molar-refractivity contribution in [3.63, 3.8) is 0 Å². The van der Waals surface area contributed by atoms with Crippen LogP contribution in [0.2, 0.25) is 0 Å². The van der Waals surface area contributed by atoms with Crippen molar-refractivity contribution in [3.8, 4) is 17.3 Å². The van der Waals surface area contributed by atoms with Gasteiger partial charge in [0.05, 0.1) is 24.2 Å². The molecule has 1 N–H and O–H groups in total. The first kappa shape index (κ1) is 23.8. The number of hydrogen-bond acceptors (Lipinski definition) is 7. The monoisotopic (exact) mass is 487 g/mol. The molecule has 0 saturated carbocycles. The molecule has 9 heteroatoms. The van der Waals surface area contributed by atoms with E-state index in [1.165, 1.54) is 0 Å². The van der Waals surface area contributed by atoms with Gasteiger partial charge in [-0.25, -0.2) is 9.97 Å². The van der Waals surface area contributed by atoms with E-state index in [0.29, 0.717) is 31.2 Å². The summed E-state index contributed by atoms with van der Waals surface area (Å²) in [5.41, 5.74) is 3.25. The van der Waals surface area contributed by atoms with Gasteiger partial charge in [-0.15, -0.1) is 0 Å². The standard InChI is InChI=1S/C27H29N5O4/c33-27(29-11-12-31-13-15-34-16-14-31)21-4-9-25-24(19-21)30-20-32(25)22-5-7-23(8-6-22)35-17-18-36-26-3-1-2-10-28-26/h1-10,19-20H,11-18H2,(H,29,33). The third-order valence-electron chi connectivity index (χ3n) is 5.98. The number of amides is 1. The lowest BCUT2D eigenvalue weighted by atomic mass is 10.2. The molecule has 2 aromatic heterocycles. The molecule has 0 unspecified atom stereocenters. The molecule has 0 atom stereocenters. The van der Waals surface area contributed by atoms with E-state index in [4.69, 9.17) is 14.2 Å². The Labute approximate surface area is 209 Å². The minimum atomic E-state index is -0.0896. The lowest BCUT2D eigenvalue weighted by Gasteiger charge is -2.26. The van der Waals surface area contributed by atoms with E-state index in [1.807, 2.05) is 65.2 Å². The van der Waals surface area contributed by atoms with E-state index in [9.17, 15) is 4.79 Å². The Hall–Kier alpha value is -3.95. The largest absolute Gasteiger partial charge is 0.490 e. The van der Waals surface area contributed by atoms with Crippen LogP contribution in [0.15, 0.2) is 73.2 Å². The van der Waals surface area contributed by atoms with Gasteiger partial charge in [0.15, 0.2) is 0 Å². The van der Waals surface area contributed by atoms with Crippen LogP contribution in [0.4, 0.5) is 0 Å². The maximum absolute atomic E-state index is 12.6. The Morgan fingerprint density at radius 3 is 2.61 bits per heavy atom. The first-order valence-electron chi connectivity index (χ1n) is 12.1. The van der Waals surface area contributed by atoms with Crippen LogP contribution in [0.1, 0.15) is 10.4 Å². The smallest absolute Gasteiger partial charge is 0.251 e. The van der Waals surface area contributed by atoms with Gasteiger partial charge >= 0.3 is 0 Å². The Morgan fingerprint density at radius 1 is 0.972 bits per heavy atom. The van der Waals surface area contributed by atoms with Crippen molar-refractivity contribution in [2.45, 2.75) is 0 Å². The predicted octanol–water partition coefficient (Wildman–Crippen LogP) is 2.94. The molecule has 1 saturated heterocycles. The number of pyridine rings is 1. The van der Waals surface area contributed by atoms with Crippen molar-refractivity contribution >= 4 is 16.9 Å². The van der Waals surface area contributed by atoms with Crippen LogP contribution in [-0.4, -0.2) is 77.9 Å². The number of hydrogen-bond donors (Lipinski definition) is 1. The third kappa shape index (κ3) is 5.99. The molecule has 1 amide bonds. The van der Waals surface area contributed by atoms with Crippen molar-refractivity contribution in [1.82, 2.24) is 24.8 Å². The van der Waals surface area contributed by atoms with Gasteiger partial charge in [-0.05, 0) is 48.5 Å². The number of carbonyl (C=O) groups excluding carboxylic acids is 1. The Balaban J connectivity index is 1.15. The normalized spacial score (nSPS) is 14.0. The van der Waals surface area contributed by atoms with Gasteiger partial charge in [0.1, 0.15) is 25.3 Å². The van der Waals surface area contributed by atoms with Crippen LogP contribution in [0.3, 0.4) is 0 Å². The highest BCUT2D eigenvalue weighted by atomic mass is 16.5. The van der Waals surface area contributed by atoms with E-state index >= 15 is 0 Å². The highest BCUT2D eigenvalue weighted by molar-refractivity contribution is 5.97. The predicted molar refractivity (Wildman–Crippen MR) is 136 cm³/mol. The Bertz CT molecular complexity index is 1270. The first-order valence-corrected chi connectivity index (χ1v) is 12.1. The van der Waals surface area contributed by atoms with Crippen LogP contribution >= 0.6 is 0 Å². The van der Waals surface area contributed by atoms with Gasteiger partial charge in [0.25, 0.3) is 5.91 Å². The number of aromatic nitrogens is 3. The minimum Gasteiger partial charge on any atom is -0.490 e. The lowest BCUT2D eigenvalue weighted by molar-refractivity contribution is 0.0383. The number of benzene rings is 2. The molecule has 1 aliphatic rings. The number of nitrogens with one attached hydrogen (secondary N) is 1. The molecule has 0 radical (unpaired) electrons.